The molecule has 1 aromatic rings. The van der Waals surface area contributed by atoms with E-state index in [2.05, 4.69) is 48.3 Å². The molecule has 2 unspecified atom stereocenters. The van der Waals surface area contributed by atoms with Crippen molar-refractivity contribution in [1.82, 2.24) is 10.2 Å². The average molecular weight is 475 g/mol. The van der Waals surface area contributed by atoms with Gasteiger partial charge in [0.05, 0.1) is 12.7 Å². The second-order valence-electron chi connectivity index (χ2n) is 6.57. The molecule has 0 aliphatic carbocycles. The molecular weight excluding hydrogens is 441 g/mol. The number of methoxy groups -OCH3 is 1. The van der Waals surface area contributed by atoms with Crippen LogP contribution in [0.3, 0.4) is 0 Å². The molecule has 1 aliphatic heterocycles. The lowest BCUT2D eigenvalue weighted by Gasteiger charge is -2.21. The number of hydrogen-bond donors (Lipinski definition) is 1. The largest absolute Gasteiger partial charge is 0.384 e. The van der Waals surface area contributed by atoms with Crippen molar-refractivity contribution < 1.29 is 9.47 Å². The zero-order valence-electron chi connectivity index (χ0n) is 16.3. The predicted octanol–water partition coefficient (Wildman–Crippen LogP) is 3.71. The maximum Gasteiger partial charge on any atom is 0.193 e. The summed E-state index contributed by atoms with van der Waals surface area (Å²) in [4.78, 5) is 7.12. The molecule has 1 aromatic carbocycles. The van der Waals surface area contributed by atoms with Crippen LogP contribution in [-0.4, -0.2) is 57.4 Å². The molecular formula is C20H34IN3O2. The summed E-state index contributed by atoms with van der Waals surface area (Å²) in [6.45, 7) is 9.54. The van der Waals surface area contributed by atoms with Crippen molar-refractivity contribution >= 4 is 29.9 Å². The van der Waals surface area contributed by atoms with Gasteiger partial charge in [0.15, 0.2) is 5.96 Å². The zero-order chi connectivity index (χ0) is 17.9. The summed E-state index contributed by atoms with van der Waals surface area (Å²) in [6, 6.07) is 10.3. The monoisotopic (exact) mass is 475 g/mol. The average Bonchev–Trinajstić information content (AvgIpc) is 3.10. The van der Waals surface area contributed by atoms with Crippen molar-refractivity contribution in [3.8, 4) is 0 Å². The van der Waals surface area contributed by atoms with Gasteiger partial charge in [-0.2, -0.15) is 0 Å². The van der Waals surface area contributed by atoms with Gasteiger partial charge >= 0.3 is 0 Å². The highest BCUT2D eigenvalue weighted by atomic mass is 127. The predicted molar refractivity (Wildman–Crippen MR) is 118 cm³/mol. The van der Waals surface area contributed by atoms with E-state index in [9.17, 15) is 0 Å². The van der Waals surface area contributed by atoms with Crippen LogP contribution in [0.4, 0.5) is 0 Å². The van der Waals surface area contributed by atoms with Crippen LogP contribution in [0.5, 0.6) is 0 Å². The smallest absolute Gasteiger partial charge is 0.193 e. The number of ether oxygens (including phenoxy) is 2. The number of likely N-dealkylation sites (tertiary alicyclic amines) is 1. The van der Waals surface area contributed by atoms with Gasteiger partial charge in [-0.1, -0.05) is 30.3 Å². The number of aliphatic imine (C=N–C) groups is 1. The maximum atomic E-state index is 5.92. The molecule has 1 fully saturated rings. The minimum atomic E-state index is 0. The Morgan fingerprint density at radius 1 is 1.35 bits per heavy atom. The molecule has 1 aliphatic rings. The Morgan fingerprint density at radius 3 is 2.81 bits per heavy atom. The Bertz CT molecular complexity index is 513. The lowest BCUT2D eigenvalue weighted by molar-refractivity contribution is 0.0651. The van der Waals surface area contributed by atoms with Gasteiger partial charge in [0, 0.05) is 45.8 Å². The summed E-state index contributed by atoms with van der Waals surface area (Å²) in [7, 11) is 1.78. The molecule has 0 aromatic heterocycles. The third-order valence-corrected chi connectivity index (χ3v) is 4.52. The molecule has 1 heterocycles. The molecule has 2 rings (SSSR count). The fourth-order valence-electron chi connectivity index (χ4n) is 3.15. The first kappa shape index (κ1) is 23.2. The third-order valence-electron chi connectivity index (χ3n) is 4.52. The lowest BCUT2D eigenvalue weighted by atomic mass is 10.1. The van der Waals surface area contributed by atoms with Crippen LogP contribution in [0.15, 0.2) is 35.3 Å². The van der Waals surface area contributed by atoms with Gasteiger partial charge in [0.2, 0.25) is 0 Å². The highest BCUT2D eigenvalue weighted by molar-refractivity contribution is 14.0. The van der Waals surface area contributed by atoms with E-state index in [4.69, 9.17) is 14.5 Å². The Kier molecular flexibility index (Phi) is 11.9. The Balaban J connectivity index is 0.00000338. The number of guanidine groups is 1. The van der Waals surface area contributed by atoms with E-state index in [1.54, 1.807) is 7.11 Å². The molecule has 148 valence electrons. The van der Waals surface area contributed by atoms with E-state index in [1.165, 1.54) is 12.0 Å². The van der Waals surface area contributed by atoms with Crippen molar-refractivity contribution in [3.63, 3.8) is 0 Å². The van der Waals surface area contributed by atoms with Crippen molar-refractivity contribution in [2.24, 2.45) is 10.9 Å². The summed E-state index contributed by atoms with van der Waals surface area (Å²) in [6.07, 6.45) is 2.24. The molecule has 0 radical (unpaired) electrons. The van der Waals surface area contributed by atoms with E-state index in [0.717, 1.165) is 51.8 Å². The minimum Gasteiger partial charge on any atom is -0.384 e. The number of rotatable bonds is 9. The molecule has 1 saturated heterocycles. The number of nitrogens with zero attached hydrogens (tertiary/aromatic N) is 2. The van der Waals surface area contributed by atoms with E-state index < -0.39 is 0 Å². The molecule has 0 bridgehead atoms. The molecule has 6 heteroatoms. The topological polar surface area (TPSA) is 46.1 Å². The molecule has 2 atom stereocenters. The third kappa shape index (κ3) is 7.80. The molecule has 0 spiro atoms. The van der Waals surface area contributed by atoms with Gasteiger partial charge in [-0.05, 0) is 32.3 Å². The lowest BCUT2D eigenvalue weighted by Crippen LogP contribution is -2.40. The highest BCUT2D eigenvalue weighted by Gasteiger charge is 2.24. The number of nitrogens with one attached hydrogen (secondary N) is 1. The summed E-state index contributed by atoms with van der Waals surface area (Å²) in [5.41, 5.74) is 1.22. The zero-order valence-corrected chi connectivity index (χ0v) is 18.6. The van der Waals surface area contributed by atoms with Gasteiger partial charge < -0.3 is 19.7 Å². The van der Waals surface area contributed by atoms with Crippen LogP contribution in [-0.2, 0) is 9.47 Å². The first-order valence-corrected chi connectivity index (χ1v) is 9.43. The van der Waals surface area contributed by atoms with Crippen LogP contribution >= 0.6 is 24.0 Å². The highest BCUT2D eigenvalue weighted by Crippen LogP contribution is 2.17. The first-order valence-electron chi connectivity index (χ1n) is 9.43. The van der Waals surface area contributed by atoms with Gasteiger partial charge in [0.25, 0.3) is 0 Å². The normalized spacial score (nSPS) is 18.5. The summed E-state index contributed by atoms with van der Waals surface area (Å²) >= 11 is 0. The van der Waals surface area contributed by atoms with Crippen molar-refractivity contribution in [2.75, 3.05) is 46.5 Å². The van der Waals surface area contributed by atoms with Crippen LogP contribution in [0.1, 0.15) is 38.4 Å². The molecule has 1 N–H and O–H groups in total. The standard InChI is InChI=1S/C20H33N3O2.HI/c1-4-21-20(23-13-11-18(15-23)16-24-3)22-12-8-14-25-17(2)19-9-6-5-7-10-19;/h5-7,9-10,17-18H,4,8,11-16H2,1-3H3,(H,21,22);1H. The quantitative estimate of drug-likeness (QED) is 0.256. The number of hydrogen-bond acceptors (Lipinski definition) is 3. The second-order valence-corrected chi connectivity index (χ2v) is 6.57. The maximum absolute atomic E-state index is 5.92. The molecule has 0 saturated carbocycles. The molecule has 0 amide bonds. The first-order chi connectivity index (χ1) is 12.2. The van der Waals surface area contributed by atoms with E-state index in [-0.39, 0.29) is 30.1 Å². The minimum absolute atomic E-state index is 0. The van der Waals surface area contributed by atoms with Crippen molar-refractivity contribution in [2.45, 2.75) is 32.8 Å². The SMILES string of the molecule is CCNC(=NCCCOC(C)c1ccccc1)N1CCC(COC)C1.I. The van der Waals surface area contributed by atoms with Gasteiger partial charge in [0.1, 0.15) is 0 Å². The van der Waals surface area contributed by atoms with Gasteiger partial charge in [-0.25, -0.2) is 0 Å². The van der Waals surface area contributed by atoms with E-state index >= 15 is 0 Å². The Hall–Kier alpha value is -0.860. The van der Waals surface area contributed by atoms with Crippen LogP contribution in [0, 0.1) is 5.92 Å². The molecule has 5 nitrogen and oxygen atoms in total. The number of halogens is 1. The fourth-order valence-corrected chi connectivity index (χ4v) is 3.15. The Morgan fingerprint density at radius 2 is 2.12 bits per heavy atom. The molecule has 26 heavy (non-hydrogen) atoms. The fraction of sp³-hybridized carbons (Fsp3) is 0.650. The number of benzene rings is 1. The van der Waals surface area contributed by atoms with Crippen molar-refractivity contribution in [1.29, 1.82) is 0 Å². The van der Waals surface area contributed by atoms with Crippen molar-refractivity contribution in [3.05, 3.63) is 35.9 Å². The second kappa shape index (κ2) is 13.3. The van der Waals surface area contributed by atoms with Crippen LogP contribution in [0.2, 0.25) is 0 Å². The Labute approximate surface area is 175 Å². The van der Waals surface area contributed by atoms with Gasteiger partial charge in [-0.3, -0.25) is 4.99 Å². The van der Waals surface area contributed by atoms with E-state index in [1.807, 2.05) is 6.07 Å². The van der Waals surface area contributed by atoms with Crippen LogP contribution in [0.25, 0.3) is 0 Å². The summed E-state index contributed by atoms with van der Waals surface area (Å²) < 4.78 is 11.2. The van der Waals surface area contributed by atoms with Gasteiger partial charge in [-0.15, -0.1) is 24.0 Å². The van der Waals surface area contributed by atoms with E-state index in [0.29, 0.717) is 5.92 Å². The summed E-state index contributed by atoms with van der Waals surface area (Å²) in [5.74, 6) is 1.64. The van der Waals surface area contributed by atoms with Crippen LogP contribution < -0.4 is 5.32 Å². The summed E-state index contributed by atoms with van der Waals surface area (Å²) in [5, 5.41) is 3.41.